The summed E-state index contributed by atoms with van der Waals surface area (Å²) in [4.78, 5) is 0. The largest absolute Gasteiger partial charge is 0.496 e. The van der Waals surface area contributed by atoms with Crippen molar-refractivity contribution < 1.29 is 9.13 Å². The van der Waals surface area contributed by atoms with E-state index in [2.05, 4.69) is 11.4 Å². The maximum absolute atomic E-state index is 13.6. The number of hydrogen-bond acceptors (Lipinski definition) is 2. The molecule has 1 N–H and O–H groups in total. The number of benzene rings is 2. The summed E-state index contributed by atoms with van der Waals surface area (Å²) in [5.74, 6) is 0.682. The highest BCUT2D eigenvalue weighted by Gasteiger charge is 2.11. The first kappa shape index (κ1) is 14.5. The maximum atomic E-state index is 13.6. The Kier molecular flexibility index (Phi) is 4.74. The smallest absolute Gasteiger partial charge is 0.127 e. The molecule has 2 aromatic carbocycles. The van der Waals surface area contributed by atoms with Crippen molar-refractivity contribution in [3.63, 3.8) is 0 Å². The van der Waals surface area contributed by atoms with E-state index in [1.165, 1.54) is 6.07 Å². The lowest BCUT2D eigenvalue weighted by Gasteiger charge is -2.18. The fraction of sp³-hybridized carbons (Fsp3) is 0.294. The standard InChI is InChI=1S/C17H20FNO/c1-12-8-9-15(17(10-12)20-3)13(2)19-11-14-6-4-5-7-16(14)18/h4-10,13,19H,11H2,1-3H3. The van der Waals surface area contributed by atoms with Crippen molar-refractivity contribution in [2.75, 3.05) is 7.11 Å². The van der Waals surface area contributed by atoms with E-state index in [4.69, 9.17) is 4.74 Å². The van der Waals surface area contributed by atoms with Crippen LogP contribution < -0.4 is 10.1 Å². The molecule has 0 aromatic heterocycles. The molecule has 20 heavy (non-hydrogen) atoms. The van der Waals surface area contributed by atoms with Crippen LogP contribution in [0.25, 0.3) is 0 Å². The average molecular weight is 273 g/mol. The highest BCUT2D eigenvalue weighted by Crippen LogP contribution is 2.26. The van der Waals surface area contributed by atoms with Gasteiger partial charge in [0.15, 0.2) is 0 Å². The number of rotatable bonds is 5. The van der Waals surface area contributed by atoms with Crippen molar-refractivity contribution >= 4 is 0 Å². The first-order valence-corrected chi connectivity index (χ1v) is 6.73. The maximum Gasteiger partial charge on any atom is 0.127 e. The summed E-state index contributed by atoms with van der Waals surface area (Å²) in [5.41, 5.74) is 2.91. The summed E-state index contributed by atoms with van der Waals surface area (Å²) >= 11 is 0. The fourth-order valence-electron chi connectivity index (χ4n) is 2.19. The second-order valence-corrected chi connectivity index (χ2v) is 4.94. The molecule has 0 aliphatic carbocycles. The molecule has 1 atom stereocenters. The van der Waals surface area contributed by atoms with E-state index in [1.807, 2.05) is 32.0 Å². The van der Waals surface area contributed by atoms with Crippen molar-refractivity contribution in [3.05, 3.63) is 65.0 Å². The Morgan fingerprint density at radius 1 is 1.20 bits per heavy atom. The lowest BCUT2D eigenvalue weighted by molar-refractivity contribution is 0.401. The van der Waals surface area contributed by atoms with Gasteiger partial charge in [0.2, 0.25) is 0 Å². The number of methoxy groups -OCH3 is 1. The molecule has 1 unspecified atom stereocenters. The molecule has 0 saturated carbocycles. The molecule has 2 nitrogen and oxygen atoms in total. The first-order chi connectivity index (χ1) is 9.61. The molecule has 106 valence electrons. The number of nitrogens with one attached hydrogen (secondary N) is 1. The topological polar surface area (TPSA) is 21.3 Å². The number of aryl methyl sites for hydroxylation is 1. The van der Waals surface area contributed by atoms with Crippen molar-refractivity contribution in [2.24, 2.45) is 0 Å². The molecular formula is C17H20FNO. The van der Waals surface area contributed by atoms with E-state index in [9.17, 15) is 4.39 Å². The van der Waals surface area contributed by atoms with Crippen molar-refractivity contribution in [1.82, 2.24) is 5.32 Å². The third-order valence-corrected chi connectivity index (χ3v) is 3.41. The van der Waals surface area contributed by atoms with Crippen molar-refractivity contribution in [3.8, 4) is 5.75 Å². The van der Waals surface area contributed by atoms with Crippen LogP contribution in [0.2, 0.25) is 0 Å². The van der Waals surface area contributed by atoms with E-state index < -0.39 is 0 Å². The van der Waals surface area contributed by atoms with E-state index in [-0.39, 0.29) is 11.9 Å². The zero-order valence-electron chi connectivity index (χ0n) is 12.1. The van der Waals surface area contributed by atoms with Crippen LogP contribution in [0.4, 0.5) is 4.39 Å². The van der Waals surface area contributed by atoms with Gasteiger partial charge in [-0.2, -0.15) is 0 Å². The second-order valence-electron chi connectivity index (χ2n) is 4.94. The summed E-state index contributed by atoms with van der Waals surface area (Å²) in [6, 6.07) is 13.0. The Bertz CT molecular complexity index is 583. The summed E-state index contributed by atoms with van der Waals surface area (Å²) in [6.45, 7) is 4.57. The van der Waals surface area contributed by atoms with Gasteiger partial charge in [0.25, 0.3) is 0 Å². The predicted octanol–water partition coefficient (Wildman–Crippen LogP) is 3.99. The Morgan fingerprint density at radius 2 is 1.95 bits per heavy atom. The number of hydrogen-bond donors (Lipinski definition) is 1. The zero-order valence-corrected chi connectivity index (χ0v) is 12.1. The van der Waals surface area contributed by atoms with Gasteiger partial charge in [-0.3, -0.25) is 0 Å². The fourth-order valence-corrected chi connectivity index (χ4v) is 2.19. The number of halogens is 1. The summed E-state index contributed by atoms with van der Waals surface area (Å²) in [7, 11) is 1.67. The van der Waals surface area contributed by atoms with E-state index in [1.54, 1.807) is 19.2 Å². The lowest BCUT2D eigenvalue weighted by atomic mass is 10.0. The molecule has 2 rings (SSSR count). The van der Waals surface area contributed by atoms with Crippen LogP contribution in [-0.2, 0) is 6.54 Å². The van der Waals surface area contributed by atoms with Gasteiger partial charge in [0.05, 0.1) is 7.11 Å². The molecule has 0 aliphatic rings. The van der Waals surface area contributed by atoms with Crippen LogP contribution in [-0.4, -0.2) is 7.11 Å². The molecule has 2 aromatic rings. The first-order valence-electron chi connectivity index (χ1n) is 6.73. The molecular weight excluding hydrogens is 253 g/mol. The molecule has 0 fully saturated rings. The van der Waals surface area contributed by atoms with Crippen molar-refractivity contribution in [2.45, 2.75) is 26.4 Å². The normalized spacial score (nSPS) is 12.2. The van der Waals surface area contributed by atoms with E-state index >= 15 is 0 Å². The van der Waals surface area contributed by atoms with Crippen LogP contribution in [0.1, 0.15) is 29.7 Å². The van der Waals surface area contributed by atoms with Gasteiger partial charge in [0.1, 0.15) is 11.6 Å². The molecule has 0 saturated heterocycles. The summed E-state index contributed by atoms with van der Waals surface area (Å²) < 4.78 is 19.0. The van der Waals surface area contributed by atoms with Crippen LogP contribution in [0.3, 0.4) is 0 Å². The molecule has 0 radical (unpaired) electrons. The monoisotopic (exact) mass is 273 g/mol. The predicted molar refractivity (Wildman–Crippen MR) is 79.4 cm³/mol. The molecule has 0 amide bonds. The third-order valence-electron chi connectivity index (χ3n) is 3.41. The minimum Gasteiger partial charge on any atom is -0.496 e. The number of ether oxygens (including phenoxy) is 1. The molecule has 0 bridgehead atoms. The quantitative estimate of drug-likeness (QED) is 0.889. The van der Waals surface area contributed by atoms with Gasteiger partial charge in [0, 0.05) is 23.7 Å². The summed E-state index contributed by atoms with van der Waals surface area (Å²) in [5, 5.41) is 3.33. The van der Waals surface area contributed by atoms with E-state index in [0.29, 0.717) is 12.1 Å². The highest BCUT2D eigenvalue weighted by molar-refractivity contribution is 5.39. The highest BCUT2D eigenvalue weighted by atomic mass is 19.1. The van der Waals surface area contributed by atoms with Gasteiger partial charge in [-0.1, -0.05) is 30.3 Å². The Balaban J connectivity index is 2.09. The van der Waals surface area contributed by atoms with Gasteiger partial charge >= 0.3 is 0 Å². The van der Waals surface area contributed by atoms with Gasteiger partial charge in [-0.15, -0.1) is 0 Å². The molecule has 0 aliphatic heterocycles. The summed E-state index contributed by atoms with van der Waals surface area (Å²) in [6.07, 6.45) is 0. The van der Waals surface area contributed by atoms with Gasteiger partial charge < -0.3 is 10.1 Å². The lowest BCUT2D eigenvalue weighted by Crippen LogP contribution is -2.19. The minimum absolute atomic E-state index is 0.0881. The molecule has 3 heteroatoms. The van der Waals surface area contributed by atoms with E-state index in [0.717, 1.165) is 16.9 Å². The second kappa shape index (κ2) is 6.53. The van der Waals surface area contributed by atoms with Crippen LogP contribution in [0.5, 0.6) is 5.75 Å². The van der Waals surface area contributed by atoms with Crippen LogP contribution in [0, 0.1) is 12.7 Å². The Hall–Kier alpha value is -1.87. The van der Waals surface area contributed by atoms with Crippen LogP contribution >= 0.6 is 0 Å². The third kappa shape index (κ3) is 3.36. The zero-order chi connectivity index (χ0) is 14.5. The van der Waals surface area contributed by atoms with Crippen molar-refractivity contribution in [1.29, 1.82) is 0 Å². The SMILES string of the molecule is COc1cc(C)ccc1C(C)NCc1ccccc1F. The van der Waals surface area contributed by atoms with Gasteiger partial charge in [-0.05, 0) is 31.5 Å². The Morgan fingerprint density at radius 3 is 2.65 bits per heavy atom. The molecule has 0 spiro atoms. The molecule has 0 heterocycles. The minimum atomic E-state index is -0.178. The van der Waals surface area contributed by atoms with Crippen LogP contribution in [0.15, 0.2) is 42.5 Å². The van der Waals surface area contributed by atoms with Gasteiger partial charge in [-0.25, -0.2) is 4.39 Å². The average Bonchev–Trinajstić information content (AvgIpc) is 2.46. The Labute approximate surface area is 119 Å².